The fourth-order valence-electron chi connectivity index (χ4n) is 2.34. The number of hydrogen-bond donors (Lipinski definition) is 1. The van der Waals surface area contributed by atoms with Crippen LogP contribution in [0, 0.1) is 6.92 Å². The summed E-state index contributed by atoms with van der Waals surface area (Å²) in [7, 11) is 1.92. The van der Waals surface area contributed by atoms with Gasteiger partial charge in [0.2, 0.25) is 5.89 Å². The van der Waals surface area contributed by atoms with Gasteiger partial charge < -0.3 is 14.3 Å². The molecule has 6 heteroatoms. The summed E-state index contributed by atoms with van der Waals surface area (Å²) in [5, 5.41) is 7.16. The molecule has 2 aromatic heterocycles. The summed E-state index contributed by atoms with van der Waals surface area (Å²) >= 11 is 0. The predicted octanol–water partition coefficient (Wildman–Crippen LogP) is 2.97. The Hall–Kier alpha value is -2.47. The normalized spacial score (nSPS) is 12.5. The first-order valence-electron chi connectivity index (χ1n) is 8.14. The van der Waals surface area contributed by atoms with Crippen LogP contribution in [0.5, 0.6) is 0 Å². The van der Waals surface area contributed by atoms with Crippen molar-refractivity contribution in [3.63, 3.8) is 0 Å². The van der Waals surface area contributed by atoms with E-state index in [1.165, 1.54) is 5.56 Å². The highest BCUT2D eigenvalue weighted by Gasteiger charge is 2.12. The summed E-state index contributed by atoms with van der Waals surface area (Å²) in [5.74, 6) is 2.79. The van der Waals surface area contributed by atoms with Crippen LogP contribution in [0.3, 0.4) is 0 Å². The monoisotopic (exact) mass is 326 g/mol. The molecule has 1 aromatic carbocycles. The zero-order valence-corrected chi connectivity index (χ0v) is 14.2. The molecule has 0 aliphatic carbocycles. The van der Waals surface area contributed by atoms with Crippen molar-refractivity contribution in [1.29, 1.82) is 0 Å². The van der Waals surface area contributed by atoms with Gasteiger partial charge in [0.1, 0.15) is 0 Å². The van der Waals surface area contributed by atoms with Crippen LogP contribution in [0.2, 0.25) is 0 Å². The molecule has 1 atom stereocenters. The molecule has 6 nitrogen and oxygen atoms in total. The van der Waals surface area contributed by atoms with Crippen molar-refractivity contribution < 1.29 is 8.94 Å². The van der Waals surface area contributed by atoms with Crippen LogP contribution < -0.4 is 5.32 Å². The van der Waals surface area contributed by atoms with E-state index < -0.39 is 0 Å². The van der Waals surface area contributed by atoms with Gasteiger partial charge in [0.05, 0.1) is 6.20 Å². The fraction of sp³-hybridized carbons (Fsp3) is 0.389. The SMILES string of the molecule is CNC(C)Cc1noc(CCc2ncc(-c3ccc(C)cc3)o2)n1. The molecule has 3 aromatic rings. The average molecular weight is 326 g/mol. The molecule has 0 bridgehead atoms. The minimum absolute atomic E-state index is 0.319. The molecule has 0 spiro atoms. The van der Waals surface area contributed by atoms with E-state index in [-0.39, 0.29) is 0 Å². The molecular formula is C18H22N4O2. The van der Waals surface area contributed by atoms with Gasteiger partial charge in [-0.2, -0.15) is 4.98 Å². The molecule has 0 amide bonds. The van der Waals surface area contributed by atoms with Crippen molar-refractivity contribution >= 4 is 0 Å². The second-order valence-electron chi connectivity index (χ2n) is 5.98. The van der Waals surface area contributed by atoms with Crippen molar-refractivity contribution in [1.82, 2.24) is 20.4 Å². The Kier molecular flexibility index (Phi) is 5.05. The van der Waals surface area contributed by atoms with Gasteiger partial charge in [0.15, 0.2) is 17.5 Å². The molecule has 0 radical (unpaired) electrons. The number of benzene rings is 1. The predicted molar refractivity (Wildman–Crippen MR) is 90.6 cm³/mol. The fourth-order valence-corrected chi connectivity index (χ4v) is 2.34. The number of hydrogen-bond acceptors (Lipinski definition) is 6. The number of nitrogens with one attached hydrogen (secondary N) is 1. The Balaban J connectivity index is 1.58. The summed E-state index contributed by atoms with van der Waals surface area (Å²) in [5.41, 5.74) is 2.25. The molecule has 3 rings (SSSR count). The zero-order chi connectivity index (χ0) is 16.9. The lowest BCUT2D eigenvalue weighted by Gasteiger charge is -2.04. The quantitative estimate of drug-likeness (QED) is 0.719. The van der Waals surface area contributed by atoms with E-state index in [1.54, 1.807) is 6.20 Å². The number of aryl methyl sites for hydroxylation is 3. The number of oxazole rings is 1. The van der Waals surface area contributed by atoms with E-state index in [0.717, 1.165) is 23.6 Å². The maximum absolute atomic E-state index is 5.81. The first kappa shape index (κ1) is 16.4. The van der Waals surface area contributed by atoms with Crippen molar-refractivity contribution in [2.24, 2.45) is 0 Å². The van der Waals surface area contributed by atoms with E-state index in [4.69, 9.17) is 8.94 Å². The van der Waals surface area contributed by atoms with E-state index in [9.17, 15) is 0 Å². The molecule has 0 fully saturated rings. The third kappa shape index (κ3) is 4.08. The first-order chi connectivity index (χ1) is 11.6. The third-order valence-electron chi connectivity index (χ3n) is 3.93. The van der Waals surface area contributed by atoms with Gasteiger partial charge in [-0.05, 0) is 20.9 Å². The Morgan fingerprint density at radius 2 is 1.88 bits per heavy atom. The van der Waals surface area contributed by atoms with Gasteiger partial charge in [0.25, 0.3) is 0 Å². The van der Waals surface area contributed by atoms with Gasteiger partial charge in [-0.15, -0.1) is 0 Å². The lowest BCUT2D eigenvalue weighted by atomic mass is 10.1. The highest BCUT2D eigenvalue weighted by molar-refractivity contribution is 5.56. The third-order valence-corrected chi connectivity index (χ3v) is 3.93. The van der Waals surface area contributed by atoms with Crippen LogP contribution >= 0.6 is 0 Å². The summed E-state index contributed by atoms with van der Waals surface area (Å²) in [6.45, 7) is 4.14. The largest absolute Gasteiger partial charge is 0.441 e. The van der Waals surface area contributed by atoms with E-state index in [0.29, 0.717) is 30.7 Å². The number of nitrogens with zero attached hydrogens (tertiary/aromatic N) is 3. The Morgan fingerprint density at radius 3 is 2.62 bits per heavy atom. The average Bonchev–Trinajstić information content (AvgIpc) is 3.23. The minimum atomic E-state index is 0.319. The number of likely N-dealkylation sites (N-methyl/N-ethyl adjacent to an activating group) is 1. The second-order valence-corrected chi connectivity index (χ2v) is 5.98. The molecule has 1 unspecified atom stereocenters. The van der Waals surface area contributed by atoms with Crippen molar-refractivity contribution in [3.8, 4) is 11.3 Å². The van der Waals surface area contributed by atoms with Crippen LogP contribution in [0.1, 0.15) is 30.1 Å². The number of rotatable bonds is 7. The molecule has 1 N–H and O–H groups in total. The zero-order valence-electron chi connectivity index (χ0n) is 14.2. The molecule has 24 heavy (non-hydrogen) atoms. The standard InChI is InChI=1S/C18H22N4O2/c1-12-4-6-14(7-5-12)15-11-20-17(23-15)8-9-18-21-16(22-24-18)10-13(2)19-3/h4-7,11,13,19H,8-10H2,1-3H3. The Bertz CT molecular complexity index is 776. The minimum Gasteiger partial charge on any atom is -0.441 e. The van der Waals surface area contributed by atoms with Crippen molar-refractivity contribution in [2.45, 2.75) is 39.2 Å². The van der Waals surface area contributed by atoms with Crippen LogP contribution in [-0.4, -0.2) is 28.2 Å². The highest BCUT2D eigenvalue weighted by Crippen LogP contribution is 2.21. The summed E-state index contributed by atoms with van der Waals surface area (Å²) in [4.78, 5) is 8.73. The lowest BCUT2D eigenvalue weighted by molar-refractivity contribution is 0.366. The van der Waals surface area contributed by atoms with Crippen molar-refractivity contribution in [2.75, 3.05) is 7.05 Å². The van der Waals surface area contributed by atoms with E-state index >= 15 is 0 Å². The maximum atomic E-state index is 5.81. The number of aromatic nitrogens is 3. The van der Waals surface area contributed by atoms with Gasteiger partial charge in [-0.1, -0.05) is 35.0 Å². The molecule has 2 heterocycles. The Morgan fingerprint density at radius 1 is 1.12 bits per heavy atom. The van der Waals surface area contributed by atoms with E-state index in [2.05, 4.69) is 46.4 Å². The summed E-state index contributed by atoms with van der Waals surface area (Å²) in [6, 6.07) is 8.51. The smallest absolute Gasteiger partial charge is 0.227 e. The highest BCUT2D eigenvalue weighted by atomic mass is 16.5. The van der Waals surface area contributed by atoms with Gasteiger partial charge in [-0.3, -0.25) is 0 Å². The molecular weight excluding hydrogens is 304 g/mol. The van der Waals surface area contributed by atoms with E-state index in [1.807, 2.05) is 19.2 Å². The van der Waals surface area contributed by atoms with Crippen LogP contribution in [-0.2, 0) is 19.3 Å². The summed E-state index contributed by atoms with van der Waals surface area (Å²) in [6.07, 6.45) is 3.76. The Labute approximate surface area is 141 Å². The molecule has 0 aliphatic rings. The van der Waals surface area contributed by atoms with Gasteiger partial charge >= 0.3 is 0 Å². The molecule has 0 saturated heterocycles. The second kappa shape index (κ2) is 7.40. The maximum Gasteiger partial charge on any atom is 0.227 e. The van der Waals surface area contributed by atoms with Crippen LogP contribution in [0.15, 0.2) is 39.4 Å². The van der Waals surface area contributed by atoms with Gasteiger partial charge in [0, 0.05) is 30.9 Å². The van der Waals surface area contributed by atoms with Crippen LogP contribution in [0.25, 0.3) is 11.3 Å². The van der Waals surface area contributed by atoms with Gasteiger partial charge in [-0.25, -0.2) is 4.98 Å². The summed E-state index contributed by atoms with van der Waals surface area (Å²) < 4.78 is 11.1. The molecule has 0 saturated carbocycles. The molecule has 126 valence electrons. The van der Waals surface area contributed by atoms with Crippen molar-refractivity contribution in [3.05, 3.63) is 53.6 Å². The van der Waals surface area contributed by atoms with Crippen LogP contribution in [0.4, 0.5) is 0 Å². The molecule has 0 aliphatic heterocycles. The topological polar surface area (TPSA) is 77.0 Å². The first-order valence-corrected chi connectivity index (χ1v) is 8.14. The lowest BCUT2D eigenvalue weighted by Crippen LogP contribution is -2.24.